The maximum Gasteiger partial charge on any atom is 0.472 e. The van der Waals surface area contributed by atoms with Crippen LogP contribution >= 0.6 is 15.6 Å². The quantitative estimate of drug-likeness (QED) is 0.0169. The number of unbranched alkanes of at least 4 members (excludes halogenated alkanes) is 20. The number of aliphatic hydroxyl groups is 1. The molecule has 17 nitrogen and oxygen atoms in total. The molecule has 19 heteroatoms. The van der Waals surface area contributed by atoms with Crippen molar-refractivity contribution in [2.24, 2.45) is 0 Å². The Morgan fingerprint density at radius 1 is 0.274 bits per heavy atom. The Labute approximate surface area is 642 Å². The molecule has 3 N–H and O–H groups in total. The summed E-state index contributed by atoms with van der Waals surface area (Å²) in [4.78, 5) is 73.0. The van der Waals surface area contributed by atoms with Crippen LogP contribution in [0.25, 0.3) is 0 Å². The van der Waals surface area contributed by atoms with Gasteiger partial charge in [-0.2, -0.15) is 0 Å². The summed E-state index contributed by atoms with van der Waals surface area (Å²) in [5.41, 5.74) is 0. The molecule has 0 amide bonds. The number of phosphoric ester groups is 2. The van der Waals surface area contributed by atoms with Gasteiger partial charge in [-0.3, -0.25) is 37.3 Å². The molecule has 0 aromatic heterocycles. The number of rotatable bonds is 74. The van der Waals surface area contributed by atoms with Crippen LogP contribution in [0.2, 0.25) is 0 Å². The number of allylic oxidation sites excluding steroid dienone is 28. The second kappa shape index (κ2) is 77.6. The number of aliphatic hydroxyl groups excluding tert-OH is 1. The fourth-order valence-corrected chi connectivity index (χ4v) is 11.7. The van der Waals surface area contributed by atoms with Crippen molar-refractivity contribution in [3.05, 3.63) is 170 Å². The van der Waals surface area contributed by atoms with Crippen LogP contribution in [0.15, 0.2) is 170 Å². The second-order valence-corrected chi connectivity index (χ2v) is 29.2. The maximum absolute atomic E-state index is 13.1. The van der Waals surface area contributed by atoms with Crippen LogP contribution < -0.4 is 0 Å². The lowest BCUT2D eigenvalue weighted by molar-refractivity contribution is -0.161. The van der Waals surface area contributed by atoms with E-state index >= 15 is 0 Å². The SMILES string of the molecule is CC/C=C\C/C=C\C/C=C\C/C=C\C/C=C\C/C=C\CCC(=O)OC[C@H](COP(=O)(O)OC[C@@H](O)COP(=O)(O)OC[C@@H](COC(=O)CCCCCCCCCCCCCCC)OC(=O)CC/C=C\C/C=C\C/C=C\C/C=C\C/C=C\C/C=C\CC)OC(=O)CCCCCCC/C=C\C/C=C\CCCCC. The van der Waals surface area contributed by atoms with Gasteiger partial charge in [-0.25, -0.2) is 9.13 Å². The summed E-state index contributed by atoms with van der Waals surface area (Å²) in [7, 11) is -10.0. The summed E-state index contributed by atoms with van der Waals surface area (Å²) in [6, 6.07) is 0. The van der Waals surface area contributed by atoms with Crippen LogP contribution in [0.5, 0.6) is 0 Å². The van der Waals surface area contributed by atoms with E-state index in [0.717, 1.165) is 135 Å². The van der Waals surface area contributed by atoms with E-state index in [0.29, 0.717) is 38.5 Å². The molecule has 0 radical (unpaired) electrons. The fourth-order valence-electron chi connectivity index (χ4n) is 10.1. The highest BCUT2D eigenvalue weighted by atomic mass is 31.2. The number of hydrogen-bond acceptors (Lipinski definition) is 15. The number of ether oxygens (including phenoxy) is 4. The largest absolute Gasteiger partial charge is 0.472 e. The Hall–Kier alpha value is -5.58. The van der Waals surface area contributed by atoms with E-state index in [-0.39, 0.29) is 25.7 Å². The van der Waals surface area contributed by atoms with Gasteiger partial charge in [0.15, 0.2) is 12.2 Å². The number of carbonyl (C=O) groups excluding carboxylic acids is 4. The van der Waals surface area contributed by atoms with Gasteiger partial charge in [-0.15, -0.1) is 0 Å². The molecular weight excluding hydrogens is 1380 g/mol. The lowest BCUT2D eigenvalue weighted by atomic mass is 10.0. The minimum Gasteiger partial charge on any atom is -0.462 e. The Morgan fingerprint density at radius 2 is 0.509 bits per heavy atom. The van der Waals surface area contributed by atoms with Crippen LogP contribution in [0.4, 0.5) is 0 Å². The Bertz CT molecular complexity index is 2680. The van der Waals surface area contributed by atoms with Crippen LogP contribution in [0, 0.1) is 0 Å². The Morgan fingerprint density at radius 3 is 0.849 bits per heavy atom. The van der Waals surface area contributed by atoms with Gasteiger partial charge < -0.3 is 33.8 Å². The normalized spacial score (nSPS) is 14.7. The van der Waals surface area contributed by atoms with Gasteiger partial charge in [-0.1, -0.05) is 307 Å². The van der Waals surface area contributed by atoms with Gasteiger partial charge in [0.1, 0.15) is 19.3 Å². The summed E-state index contributed by atoms with van der Waals surface area (Å²) < 4.78 is 68.4. The van der Waals surface area contributed by atoms with Crippen molar-refractivity contribution in [3.8, 4) is 0 Å². The van der Waals surface area contributed by atoms with Crippen molar-refractivity contribution in [3.63, 3.8) is 0 Å². The first kappa shape index (κ1) is 100. The molecule has 602 valence electrons. The van der Waals surface area contributed by atoms with E-state index in [4.69, 9.17) is 37.0 Å². The summed E-state index contributed by atoms with van der Waals surface area (Å²) in [6.07, 6.45) is 92.2. The van der Waals surface area contributed by atoms with Gasteiger partial charge in [0.2, 0.25) is 0 Å². The molecular formula is C87H142O17P2. The van der Waals surface area contributed by atoms with Gasteiger partial charge in [0.05, 0.1) is 26.4 Å². The van der Waals surface area contributed by atoms with Crippen LogP contribution in [0.3, 0.4) is 0 Å². The zero-order valence-electron chi connectivity index (χ0n) is 65.8. The van der Waals surface area contributed by atoms with Crippen LogP contribution in [0.1, 0.15) is 297 Å². The molecule has 0 saturated carbocycles. The Kier molecular flexibility index (Phi) is 73.5. The maximum atomic E-state index is 13.1. The number of phosphoric acid groups is 2. The van der Waals surface area contributed by atoms with Crippen molar-refractivity contribution in [2.75, 3.05) is 39.6 Å². The molecule has 106 heavy (non-hydrogen) atoms. The van der Waals surface area contributed by atoms with Gasteiger partial charge in [0.25, 0.3) is 0 Å². The zero-order valence-corrected chi connectivity index (χ0v) is 67.6. The molecule has 0 aromatic carbocycles. The van der Waals surface area contributed by atoms with E-state index in [1.807, 2.05) is 36.5 Å². The fraction of sp³-hybridized carbons (Fsp3) is 0.632. The first-order valence-electron chi connectivity index (χ1n) is 40.4. The standard InChI is InChI=1S/C87H142O17P2/c1-5-9-13-17-21-25-29-33-36-38-40-42-45-48-52-56-60-64-68-72-85(90)98-78-83(103-86(91)73-69-65-61-57-53-49-44-35-31-27-23-19-15-11-7-3)80-102-106(95,96)100-76-81(88)75-99-105(93,94)101-79-82(77-97-84(89)71-67-63-59-55-51-47-32-28-24-20-16-12-8-4)104-87(92)74-70-66-62-58-54-50-46-43-41-39-37-34-30-26-22-18-14-10-6-2/h9-10,13-14,21-23,25-27,33-37,40-44,48,50,52,54,60,62,64,66,81-83,88H,5-8,11-12,15-20,24,28-32,38-39,45-47,49,51,53,55-59,61,63,65,67-80H2,1-4H3,(H,93,94)(H,95,96)/b13-9-,14-10-,25-21-,26-22-,27-23-,36-33-,37-34-,42-40-,43-41-,44-35-,52-48-,54-50-,64-60-,66-62-/t81-,82+,83+/m0/s1. The van der Waals surface area contributed by atoms with Gasteiger partial charge >= 0.3 is 39.5 Å². The minimum atomic E-state index is -5.01. The predicted molar refractivity (Wildman–Crippen MR) is 436 cm³/mol. The number of carbonyl (C=O) groups is 4. The summed E-state index contributed by atoms with van der Waals surface area (Å²) in [5.74, 6) is -2.39. The monoisotopic (exact) mass is 1520 g/mol. The third kappa shape index (κ3) is 76.6. The molecule has 0 aliphatic heterocycles. The lowest BCUT2D eigenvalue weighted by Gasteiger charge is -2.21. The minimum absolute atomic E-state index is 0.0262. The van der Waals surface area contributed by atoms with Crippen LogP contribution in [-0.4, -0.2) is 96.7 Å². The average molecular weight is 1520 g/mol. The van der Waals surface area contributed by atoms with E-state index < -0.39 is 97.5 Å². The highest BCUT2D eigenvalue weighted by Gasteiger charge is 2.30. The summed E-state index contributed by atoms with van der Waals surface area (Å²) in [6.45, 7) is 4.43. The smallest absolute Gasteiger partial charge is 0.462 e. The second-order valence-electron chi connectivity index (χ2n) is 26.2. The predicted octanol–water partition coefficient (Wildman–Crippen LogP) is 23.8. The molecule has 0 spiro atoms. The lowest BCUT2D eigenvalue weighted by Crippen LogP contribution is -2.30. The van der Waals surface area contributed by atoms with Crippen molar-refractivity contribution in [2.45, 2.75) is 316 Å². The molecule has 0 saturated heterocycles. The topological polar surface area (TPSA) is 237 Å². The molecule has 2 unspecified atom stereocenters. The average Bonchev–Trinajstić information content (AvgIpc) is 0.902. The molecule has 0 aliphatic rings. The van der Waals surface area contributed by atoms with E-state index in [9.17, 15) is 43.2 Å². The summed E-state index contributed by atoms with van der Waals surface area (Å²) in [5, 5.41) is 10.6. The highest BCUT2D eigenvalue weighted by molar-refractivity contribution is 7.47. The molecule has 0 aromatic rings. The highest BCUT2D eigenvalue weighted by Crippen LogP contribution is 2.45. The van der Waals surface area contributed by atoms with Gasteiger partial charge in [0, 0.05) is 25.7 Å². The molecule has 0 rings (SSSR count). The number of esters is 4. The summed E-state index contributed by atoms with van der Waals surface area (Å²) >= 11 is 0. The van der Waals surface area contributed by atoms with Crippen molar-refractivity contribution in [1.82, 2.24) is 0 Å². The third-order valence-corrected chi connectivity index (χ3v) is 18.1. The number of hydrogen-bond donors (Lipinski definition) is 3. The third-order valence-electron chi connectivity index (χ3n) is 16.2. The first-order chi connectivity index (χ1) is 51.7. The van der Waals surface area contributed by atoms with Crippen LogP contribution in [-0.2, 0) is 65.4 Å². The van der Waals surface area contributed by atoms with Gasteiger partial charge in [-0.05, 0) is 135 Å². The van der Waals surface area contributed by atoms with Crippen molar-refractivity contribution in [1.29, 1.82) is 0 Å². The zero-order chi connectivity index (χ0) is 77.4. The molecule has 0 fully saturated rings. The molecule has 5 atom stereocenters. The Balaban J connectivity index is 5.51. The van der Waals surface area contributed by atoms with E-state index in [1.54, 1.807) is 0 Å². The molecule has 0 aliphatic carbocycles. The first-order valence-corrected chi connectivity index (χ1v) is 43.4. The van der Waals surface area contributed by atoms with E-state index in [2.05, 4.69) is 161 Å². The van der Waals surface area contributed by atoms with Crippen molar-refractivity contribution >= 4 is 39.5 Å². The van der Waals surface area contributed by atoms with Crippen molar-refractivity contribution < 1.29 is 80.2 Å². The molecule has 0 bridgehead atoms. The van der Waals surface area contributed by atoms with E-state index in [1.165, 1.54) is 70.6 Å². The molecule has 0 heterocycles.